The number of aromatic nitrogens is 2. The molecule has 0 radical (unpaired) electrons. The molecule has 2 heterocycles. The van der Waals surface area contributed by atoms with E-state index in [0.717, 1.165) is 0 Å². The van der Waals surface area contributed by atoms with Crippen molar-refractivity contribution < 1.29 is 23.5 Å². The van der Waals surface area contributed by atoms with Crippen LogP contribution in [0, 0.1) is 12.7 Å². The third kappa shape index (κ3) is 3.72. The highest BCUT2D eigenvalue weighted by atomic mass is 19.1. The van der Waals surface area contributed by atoms with E-state index in [1.807, 2.05) is 0 Å². The lowest BCUT2D eigenvalue weighted by Crippen LogP contribution is -2.15. The number of nitrogens with zero attached hydrogens (tertiary/aromatic N) is 3. The van der Waals surface area contributed by atoms with Gasteiger partial charge >= 0.3 is 6.16 Å². The van der Waals surface area contributed by atoms with Gasteiger partial charge in [0.1, 0.15) is 17.3 Å². The third-order valence-corrected chi connectivity index (χ3v) is 4.92. The number of benzene rings is 2. The van der Waals surface area contributed by atoms with Gasteiger partial charge in [0.15, 0.2) is 5.78 Å². The minimum atomic E-state index is -0.852. The fourth-order valence-electron chi connectivity index (χ4n) is 3.53. The summed E-state index contributed by atoms with van der Waals surface area (Å²) < 4.78 is 26.7. The molecule has 0 amide bonds. The monoisotopic (exact) mass is 421 g/mol. The number of aliphatic imine (C=N–C) groups is 1. The predicted octanol–water partition coefficient (Wildman–Crippen LogP) is 4.41. The van der Waals surface area contributed by atoms with Crippen molar-refractivity contribution in [3.05, 3.63) is 76.5 Å². The maximum atomic E-state index is 14.7. The Hall–Kier alpha value is -3.81. The molecule has 0 aliphatic carbocycles. The fraction of sp³-hybridized carbons (Fsp3) is 0.217. The van der Waals surface area contributed by atoms with Crippen LogP contribution in [0.4, 0.5) is 9.18 Å². The van der Waals surface area contributed by atoms with Gasteiger partial charge in [-0.2, -0.15) is 0 Å². The number of aryl methyl sites for hydroxylation is 1. The average molecular weight is 421 g/mol. The highest BCUT2D eigenvalue weighted by Gasteiger charge is 2.27. The van der Waals surface area contributed by atoms with Crippen LogP contribution in [0.1, 0.15) is 46.9 Å². The molecule has 0 fully saturated rings. The second kappa shape index (κ2) is 8.14. The summed E-state index contributed by atoms with van der Waals surface area (Å²) in [4.78, 5) is 33.2. The molecule has 1 aromatic heterocycles. The normalized spacial score (nSPS) is 12.3. The van der Waals surface area contributed by atoms with Gasteiger partial charge in [0.25, 0.3) is 0 Å². The molecule has 0 spiro atoms. The molecule has 0 atom stereocenters. The van der Waals surface area contributed by atoms with Crippen molar-refractivity contribution in [3.8, 4) is 11.6 Å². The average Bonchev–Trinajstić information content (AvgIpc) is 2.95. The quantitative estimate of drug-likeness (QED) is 0.460. The Kier molecular flexibility index (Phi) is 5.37. The first kappa shape index (κ1) is 20.5. The van der Waals surface area contributed by atoms with Crippen molar-refractivity contribution in [2.45, 2.75) is 27.3 Å². The van der Waals surface area contributed by atoms with E-state index in [-0.39, 0.29) is 24.8 Å². The van der Waals surface area contributed by atoms with Crippen molar-refractivity contribution >= 4 is 17.7 Å². The number of ether oxygens (including phenoxy) is 2. The number of carbonyl (C=O) groups is 2. The molecule has 158 valence electrons. The smallest absolute Gasteiger partial charge is 0.434 e. The molecular formula is C23H20FN3O4. The van der Waals surface area contributed by atoms with Crippen LogP contribution in [0.2, 0.25) is 0 Å². The van der Waals surface area contributed by atoms with E-state index in [1.165, 1.54) is 13.0 Å². The molecule has 2 aromatic carbocycles. The number of halogens is 1. The van der Waals surface area contributed by atoms with E-state index in [9.17, 15) is 14.0 Å². The standard InChI is InChI=1S/C23H20FN3O4/c1-4-30-23(29)31-22-13(2)26-20-12-25-21(16-7-5-6-8-18(16)24)17-11-15(14(3)28)9-10-19(17)27(20)22/h5-11H,4,12H2,1-3H3. The summed E-state index contributed by atoms with van der Waals surface area (Å²) in [5.41, 5.74) is 2.73. The molecule has 8 heteroatoms. The van der Waals surface area contributed by atoms with Gasteiger partial charge in [-0.05, 0) is 51.1 Å². The summed E-state index contributed by atoms with van der Waals surface area (Å²) in [7, 11) is 0. The van der Waals surface area contributed by atoms with Crippen molar-refractivity contribution in [2.24, 2.45) is 4.99 Å². The zero-order chi connectivity index (χ0) is 22.1. The first-order chi connectivity index (χ1) is 14.9. The van der Waals surface area contributed by atoms with Crippen molar-refractivity contribution in [2.75, 3.05) is 6.61 Å². The number of rotatable bonds is 4. The van der Waals surface area contributed by atoms with Gasteiger partial charge in [0.2, 0.25) is 5.88 Å². The van der Waals surface area contributed by atoms with Gasteiger partial charge in [0, 0.05) is 16.7 Å². The van der Waals surface area contributed by atoms with Gasteiger partial charge in [-0.3, -0.25) is 14.4 Å². The number of hydrogen-bond donors (Lipinski definition) is 0. The molecule has 3 aromatic rings. The Morgan fingerprint density at radius 1 is 1.16 bits per heavy atom. The minimum Gasteiger partial charge on any atom is -0.434 e. The van der Waals surface area contributed by atoms with Crippen molar-refractivity contribution in [3.63, 3.8) is 0 Å². The largest absolute Gasteiger partial charge is 0.515 e. The highest BCUT2D eigenvalue weighted by Crippen LogP contribution is 2.33. The Bertz CT molecular complexity index is 1230. The maximum Gasteiger partial charge on any atom is 0.515 e. The van der Waals surface area contributed by atoms with Gasteiger partial charge in [-0.25, -0.2) is 14.2 Å². The second-order valence-electron chi connectivity index (χ2n) is 6.97. The van der Waals surface area contributed by atoms with E-state index < -0.39 is 12.0 Å². The first-order valence-electron chi connectivity index (χ1n) is 9.78. The summed E-state index contributed by atoms with van der Waals surface area (Å²) in [5.74, 6) is 0.138. The van der Waals surface area contributed by atoms with E-state index in [0.29, 0.717) is 39.6 Å². The molecule has 7 nitrogen and oxygen atoms in total. The molecule has 4 rings (SSSR count). The fourth-order valence-corrected chi connectivity index (χ4v) is 3.53. The summed E-state index contributed by atoms with van der Waals surface area (Å²) in [5, 5.41) is 0. The van der Waals surface area contributed by atoms with Gasteiger partial charge in [0.05, 0.1) is 24.6 Å². The molecule has 1 aliphatic rings. The van der Waals surface area contributed by atoms with Crippen LogP contribution in [-0.2, 0) is 11.3 Å². The van der Waals surface area contributed by atoms with E-state index in [2.05, 4.69) is 9.98 Å². The Labute approximate surface area is 178 Å². The maximum absolute atomic E-state index is 14.7. The Balaban J connectivity index is 1.95. The van der Waals surface area contributed by atoms with Crippen LogP contribution in [0.5, 0.6) is 5.88 Å². The number of Topliss-reactive ketones (excluding diaryl/α,β-unsaturated/α-hetero) is 1. The zero-order valence-corrected chi connectivity index (χ0v) is 17.3. The summed E-state index contributed by atoms with van der Waals surface area (Å²) in [6.07, 6.45) is -0.852. The Morgan fingerprint density at radius 3 is 2.65 bits per heavy atom. The molecular weight excluding hydrogens is 401 g/mol. The second-order valence-corrected chi connectivity index (χ2v) is 6.97. The molecule has 0 saturated heterocycles. The summed E-state index contributed by atoms with van der Waals surface area (Å²) >= 11 is 0. The molecule has 0 saturated carbocycles. The van der Waals surface area contributed by atoms with Crippen LogP contribution in [0.15, 0.2) is 47.5 Å². The van der Waals surface area contributed by atoms with Gasteiger partial charge in [-0.15, -0.1) is 0 Å². The lowest BCUT2D eigenvalue weighted by molar-refractivity contribution is 0.101. The molecule has 0 bridgehead atoms. The minimum absolute atomic E-state index is 0.126. The topological polar surface area (TPSA) is 82.8 Å². The highest BCUT2D eigenvalue weighted by molar-refractivity contribution is 6.16. The third-order valence-electron chi connectivity index (χ3n) is 4.92. The SMILES string of the molecule is CCOC(=O)Oc1c(C)nc2n1-c1ccc(C(C)=O)cc1C(c1ccccc1F)=NC2. The lowest BCUT2D eigenvalue weighted by atomic mass is 9.97. The molecule has 31 heavy (non-hydrogen) atoms. The van der Waals surface area contributed by atoms with Crippen LogP contribution < -0.4 is 4.74 Å². The van der Waals surface area contributed by atoms with E-state index in [1.54, 1.807) is 54.8 Å². The van der Waals surface area contributed by atoms with Crippen LogP contribution >= 0.6 is 0 Å². The molecule has 0 unspecified atom stereocenters. The van der Waals surface area contributed by atoms with Crippen molar-refractivity contribution in [1.29, 1.82) is 0 Å². The molecule has 0 N–H and O–H groups in total. The van der Waals surface area contributed by atoms with Crippen LogP contribution in [0.25, 0.3) is 5.69 Å². The number of carbonyl (C=O) groups excluding carboxylic acids is 2. The van der Waals surface area contributed by atoms with E-state index in [4.69, 9.17) is 9.47 Å². The summed E-state index contributed by atoms with van der Waals surface area (Å²) in [6, 6.07) is 11.4. The van der Waals surface area contributed by atoms with Crippen LogP contribution in [-0.4, -0.2) is 33.8 Å². The number of hydrogen-bond acceptors (Lipinski definition) is 6. The van der Waals surface area contributed by atoms with Gasteiger partial charge in [-0.1, -0.05) is 12.1 Å². The zero-order valence-electron chi connectivity index (χ0n) is 17.3. The Morgan fingerprint density at radius 2 is 1.94 bits per heavy atom. The molecule has 1 aliphatic heterocycles. The van der Waals surface area contributed by atoms with Crippen LogP contribution in [0.3, 0.4) is 0 Å². The lowest BCUT2D eigenvalue weighted by Gasteiger charge is -2.15. The van der Waals surface area contributed by atoms with E-state index >= 15 is 0 Å². The summed E-state index contributed by atoms with van der Waals surface area (Å²) in [6.45, 7) is 5.14. The first-order valence-corrected chi connectivity index (χ1v) is 9.78. The predicted molar refractivity (Wildman–Crippen MR) is 112 cm³/mol. The van der Waals surface area contributed by atoms with Gasteiger partial charge < -0.3 is 9.47 Å². The number of ketones is 1. The number of imidazole rings is 1. The van der Waals surface area contributed by atoms with Crippen molar-refractivity contribution in [1.82, 2.24) is 9.55 Å². The number of fused-ring (bicyclic) bond motifs is 3.